The summed E-state index contributed by atoms with van der Waals surface area (Å²) in [5, 5.41) is 0.365. The first-order chi connectivity index (χ1) is 11.3. The Bertz CT molecular complexity index is 725. The quantitative estimate of drug-likeness (QED) is 0.704. The van der Waals surface area contributed by atoms with Crippen molar-refractivity contribution in [2.75, 3.05) is 38.2 Å². The molecule has 1 amide bonds. The third-order valence-corrected chi connectivity index (χ3v) is 5.80. The zero-order valence-corrected chi connectivity index (χ0v) is 15.2. The SMILES string of the molecule is CS(=O)(=O)CCN1C[C@]2(CCCN(Cc3cnc(Cl)cn3)C2)C1=O. The molecule has 0 aliphatic carbocycles. The first-order valence-corrected chi connectivity index (χ1v) is 10.4. The number of β-lactam (4-membered cyclic amide) rings is 1. The summed E-state index contributed by atoms with van der Waals surface area (Å²) >= 11 is 5.75. The Hall–Kier alpha value is -1.25. The molecule has 0 N–H and O–H groups in total. The van der Waals surface area contributed by atoms with E-state index in [0.717, 1.165) is 25.1 Å². The topological polar surface area (TPSA) is 83.5 Å². The molecule has 0 saturated carbocycles. The highest BCUT2D eigenvalue weighted by molar-refractivity contribution is 7.90. The monoisotopic (exact) mass is 372 g/mol. The molecule has 0 unspecified atom stereocenters. The molecule has 0 aromatic carbocycles. The van der Waals surface area contributed by atoms with Crippen molar-refractivity contribution in [3.63, 3.8) is 0 Å². The first kappa shape index (κ1) is 17.6. The fraction of sp³-hybridized carbons (Fsp3) is 0.667. The van der Waals surface area contributed by atoms with Crippen molar-refractivity contribution in [2.45, 2.75) is 19.4 Å². The molecule has 1 spiro atoms. The van der Waals surface area contributed by atoms with Gasteiger partial charge in [0.1, 0.15) is 15.0 Å². The summed E-state index contributed by atoms with van der Waals surface area (Å²) in [5.74, 6) is 0.108. The summed E-state index contributed by atoms with van der Waals surface area (Å²) < 4.78 is 22.5. The van der Waals surface area contributed by atoms with E-state index in [1.807, 2.05) is 0 Å². The number of sulfone groups is 1. The molecule has 24 heavy (non-hydrogen) atoms. The lowest BCUT2D eigenvalue weighted by molar-refractivity contribution is -0.165. The molecule has 3 heterocycles. The number of hydrogen-bond acceptors (Lipinski definition) is 6. The highest BCUT2D eigenvalue weighted by Gasteiger charge is 2.53. The van der Waals surface area contributed by atoms with Crippen molar-refractivity contribution in [1.29, 1.82) is 0 Å². The molecule has 3 rings (SSSR count). The van der Waals surface area contributed by atoms with Crippen molar-refractivity contribution < 1.29 is 13.2 Å². The predicted molar refractivity (Wildman–Crippen MR) is 90.3 cm³/mol. The fourth-order valence-electron chi connectivity index (χ4n) is 3.52. The van der Waals surface area contributed by atoms with Gasteiger partial charge in [-0.15, -0.1) is 0 Å². The van der Waals surface area contributed by atoms with E-state index < -0.39 is 9.84 Å². The number of carbonyl (C=O) groups excluding carboxylic acids is 1. The highest BCUT2D eigenvalue weighted by atomic mass is 35.5. The van der Waals surface area contributed by atoms with Crippen LogP contribution in [0.2, 0.25) is 5.15 Å². The summed E-state index contributed by atoms with van der Waals surface area (Å²) in [7, 11) is -3.05. The second-order valence-electron chi connectivity index (χ2n) is 6.78. The summed E-state index contributed by atoms with van der Waals surface area (Å²) in [6, 6.07) is 0. The fourth-order valence-corrected chi connectivity index (χ4v) is 4.17. The predicted octanol–water partition coefficient (Wildman–Crippen LogP) is 0.599. The largest absolute Gasteiger partial charge is 0.340 e. The minimum atomic E-state index is -3.05. The maximum Gasteiger partial charge on any atom is 0.231 e. The number of hydrogen-bond donors (Lipinski definition) is 0. The van der Waals surface area contributed by atoms with Gasteiger partial charge in [0, 0.05) is 32.4 Å². The number of halogens is 1. The molecule has 1 atom stereocenters. The third-order valence-electron chi connectivity index (χ3n) is 4.68. The Balaban J connectivity index is 1.58. The average molecular weight is 373 g/mol. The summed E-state index contributed by atoms with van der Waals surface area (Å²) in [4.78, 5) is 24.7. The Kier molecular flexibility index (Phi) is 4.81. The van der Waals surface area contributed by atoms with E-state index in [0.29, 0.717) is 31.3 Å². The number of carbonyl (C=O) groups is 1. The van der Waals surface area contributed by atoms with Crippen LogP contribution in [0.5, 0.6) is 0 Å². The maximum absolute atomic E-state index is 12.6. The zero-order valence-electron chi connectivity index (χ0n) is 13.6. The minimum absolute atomic E-state index is 0.0267. The van der Waals surface area contributed by atoms with E-state index in [1.54, 1.807) is 11.1 Å². The second-order valence-corrected chi connectivity index (χ2v) is 9.43. The minimum Gasteiger partial charge on any atom is -0.340 e. The molecule has 2 aliphatic heterocycles. The Morgan fingerprint density at radius 3 is 2.71 bits per heavy atom. The molecular weight excluding hydrogens is 352 g/mol. The average Bonchev–Trinajstić information content (AvgIpc) is 2.53. The lowest BCUT2D eigenvalue weighted by Gasteiger charge is -2.53. The van der Waals surface area contributed by atoms with Crippen LogP contribution in [0.1, 0.15) is 18.5 Å². The van der Waals surface area contributed by atoms with Gasteiger partial charge in [-0.3, -0.25) is 14.7 Å². The molecule has 2 fully saturated rings. The van der Waals surface area contributed by atoms with Crippen LogP contribution in [-0.4, -0.2) is 72.3 Å². The van der Waals surface area contributed by atoms with E-state index >= 15 is 0 Å². The molecule has 0 bridgehead atoms. The smallest absolute Gasteiger partial charge is 0.231 e. The highest BCUT2D eigenvalue weighted by Crippen LogP contribution is 2.40. The van der Waals surface area contributed by atoms with Gasteiger partial charge < -0.3 is 4.90 Å². The molecule has 2 saturated heterocycles. The van der Waals surface area contributed by atoms with E-state index in [9.17, 15) is 13.2 Å². The molecular formula is C15H21ClN4O3S. The summed E-state index contributed by atoms with van der Waals surface area (Å²) in [6.07, 6.45) is 6.20. The number of nitrogens with zero attached hydrogens (tertiary/aromatic N) is 4. The van der Waals surface area contributed by atoms with Crippen molar-refractivity contribution in [1.82, 2.24) is 19.8 Å². The Morgan fingerprint density at radius 2 is 2.08 bits per heavy atom. The van der Waals surface area contributed by atoms with Gasteiger partial charge in [0.05, 0.1) is 29.3 Å². The van der Waals surface area contributed by atoms with Crippen LogP contribution < -0.4 is 0 Å². The molecule has 132 valence electrons. The van der Waals surface area contributed by atoms with Crippen molar-refractivity contribution in [3.8, 4) is 0 Å². The third kappa shape index (κ3) is 3.87. The van der Waals surface area contributed by atoms with E-state index in [-0.39, 0.29) is 17.1 Å². The van der Waals surface area contributed by atoms with Gasteiger partial charge in [0.25, 0.3) is 0 Å². The number of rotatable bonds is 5. The molecule has 1 aromatic heterocycles. The van der Waals surface area contributed by atoms with Gasteiger partial charge in [0.2, 0.25) is 5.91 Å². The van der Waals surface area contributed by atoms with Crippen LogP contribution in [0.25, 0.3) is 0 Å². The van der Waals surface area contributed by atoms with Crippen molar-refractivity contribution in [2.24, 2.45) is 5.41 Å². The van der Waals surface area contributed by atoms with Crippen molar-refractivity contribution >= 4 is 27.3 Å². The molecule has 9 heteroatoms. The standard InChI is InChI=1S/C15H21ClN4O3S/c1-24(22,23)6-5-20-11-15(14(20)21)3-2-4-19(10-15)9-12-7-18-13(16)8-17-12/h7-8H,2-6,9-11H2,1H3/t15-/m1/s1. The lowest BCUT2D eigenvalue weighted by Crippen LogP contribution is -2.67. The number of aromatic nitrogens is 2. The summed E-state index contributed by atoms with van der Waals surface area (Å²) in [6.45, 7) is 3.18. The summed E-state index contributed by atoms with van der Waals surface area (Å²) in [5.41, 5.74) is 0.479. The second kappa shape index (κ2) is 6.57. The van der Waals surface area contributed by atoms with Gasteiger partial charge in [-0.05, 0) is 19.4 Å². The molecule has 1 aromatic rings. The molecule has 2 aliphatic rings. The van der Waals surface area contributed by atoms with E-state index in [2.05, 4.69) is 14.9 Å². The number of likely N-dealkylation sites (tertiary alicyclic amines) is 2. The van der Waals surface area contributed by atoms with Crippen LogP contribution in [0, 0.1) is 5.41 Å². The number of piperidine rings is 1. The van der Waals surface area contributed by atoms with Crippen molar-refractivity contribution in [3.05, 3.63) is 23.2 Å². The van der Waals surface area contributed by atoms with Crippen LogP contribution in [0.15, 0.2) is 12.4 Å². The van der Waals surface area contributed by atoms with Crippen LogP contribution in [0.3, 0.4) is 0 Å². The lowest BCUT2D eigenvalue weighted by atomic mass is 9.72. The first-order valence-electron chi connectivity index (χ1n) is 7.93. The molecule has 0 radical (unpaired) electrons. The van der Waals surface area contributed by atoms with Gasteiger partial charge >= 0.3 is 0 Å². The van der Waals surface area contributed by atoms with Crippen LogP contribution in [0.4, 0.5) is 0 Å². The number of amides is 1. The Labute approximate surface area is 146 Å². The maximum atomic E-state index is 12.6. The van der Waals surface area contributed by atoms with Gasteiger partial charge in [-0.25, -0.2) is 13.4 Å². The normalized spacial score (nSPS) is 25.1. The van der Waals surface area contributed by atoms with E-state index in [4.69, 9.17) is 11.6 Å². The van der Waals surface area contributed by atoms with Gasteiger partial charge in [0.15, 0.2) is 0 Å². The van der Waals surface area contributed by atoms with Crippen LogP contribution in [-0.2, 0) is 21.2 Å². The molecule has 7 nitrogen and oxygen atoms in total. The van der Waals surface area contributed by atoms with E-state index in [1.165, 1.54) is 12.5 Å². The Morgan fingerprint density at radius 1 is 1.29 bits per heavy atom. The van der Waals surface area contributed by atoms with Gasteiger partial charge in [-0.1, -0.05) is 11.6 Å². The van der Waals surface area contributed by atoms with Gasteiger partial charge in [-0.2, -0.15) is 0 Å². The zero-order chi connectivity index (χ0) is 17.4. The van der Waals surface area contributed by atoms with Crippen LogP contribution >= 0.6 is 11.6 Å².